The van der Waals surface area contributed by atoms with E-state index in [9.17, 15) is 9.59 Å². The van der Waals surface area contributed by atoms with Gasteiger partial charge in [0.05, 0.1) is 13.2 Å². The van der Waals surface area contributed by atoms with Crippen LogP contribution in [0, 0.1) is 5.92 Å². The van der Waals surface area contributed by atoms with E-state index in [-0.39, 0.29) is 0 Å². The fraction of sp³-hybridized carbons (Fsp3) is 0.840. The second kappa shape index (κ2) is 21.4. The van der Waals surface area contributed by atoms with Gasteiger partial charge in [-0.05, 0) is 12.3 Å². The summed E-state index contributed by atoms with van der Waals surface area (Å²) in [5.41, 5.74) is 0. The number of hydrogen-bond acceptors (Lipinski definition) is 4. The van der Waals surface area contributed by atoms with E-state index in [2.05, 4.69) is 20.8 Å². The van der Waals surface area contributed by atoms with Gasteiger partial charge in [0.2, 0.25) is 0 Å². The van der Waals surface area contributed by atoms with Gasteiger partial charge in [-0.3, -0.25) is 0 Å². The molecule has 0 heterocycles. The molecule has 29 heavy (non-hydrogen) atoms. The molecule has 0 fully saturated rings. The Labute approximate surface area is 179 Å². The lowest BCUT2D eigenvalue weighted by Gasteiger charge is -2.11. The van der Waals surface area contributed by atoms with Crippen molar-refractivity contribution in [1.29, 1.82) is 0 Å². The molecule has 0 saturated carbocycles. The van der Waals surface area contributed by atoms with Gasteiger partial charge in [-0.25, -0.2) is 9.59 Å². The van der Waals surface area contributed by atoms with Crippen molar-refractivity contribution >= 4 is 11.9 Å². The van der Waals surface area contributed by atoms with Crippen molar-refractivity contribution < 1.29 is 19.1 Å². The Morgan fingerprint density at radius 1 is 0.621 bits per heavy atom. The summed E-state index contributed by atoms with van der Waals surface area (Å²) >= 11 is 0. The number of carbonyl (C=O) groups excluding carboxylic acids is 2. The molecule has 0 spiro atoms. The van der Waals surface area contributed by atoms with Gasteiger partial charge in [-0.2, -0.15) is 0 Å². The van der Waals surface area contributed by atoms with Gasteiger partial charge in [0.1, 0.15) is 0 Å². The van der Waals surface area contributed by atoms with Crippen LogP contribution in [0.25, 0.3) is 0 Å². The van der Waals surface area contributed by atoms with Crippen molar-refractivity contribution in [1.82, 2.24) is 0 Å². The molecule has 0 radical (unpaired) electrons. The van der Waals surface area contributed by atoms with E-state index in [0.29, 0.717) is 19.1 Å². The summed E-state index contributed by atoms with van der Waals surface area (Å²) in [4.78, 5) is 23.2. The van der Waals surface area contributed by atoms with Crippen LogP contribution in [-0.4, -0.2) is 25.2 Å². The van der Waals surface area contributed by atoms with E-state index in [1.807, 2.05) is 0 Å². The van der Waals surface area contributed by atoms with Gasteiger partial charge in [0, 0.05) is 12.2 Å². The van der Waals surface area contributed by atoms with E-state index in [1.165, 1.54) is 70.6 Å². The summed E-state index contributed by atoms with van der Waals surface area (Å²) in [6.45, 7) is 7.24. The Bertz CT molecular complexity index is 413. The standard InChI is InChI=1S/C25H46O4/c1-4-7-8-9-10-11-12-13-14-15-16-17-18-21-28-24(26)19-20-25(27)29-22-23(5-2)6-3/h19-20,23H,4-18,21-22H2,1-3H3/b20-19+. The molecule has 0 aliphatic heterocycles. The Kier molecular flexibility index (Phi) is 20.4. The molecule has 0 amide bonds. The topological polar surface area (TPSA) is 52.6 Å². The minimum absolute atomic E-state index is 0.384. The lowest BCUT2D eigenvalue weighted by atomic mass is 10.0. The largest absolute Gasteiger partial charge is 0.463 e. The summed E-state index contributed by atoms with van der Waals surface area (Å²) in [6.07, 6.45) is 21.1. The van der Waals surface area contributed by atoms with Crippen LogP contribution in [0.4, 0.5) is 0 Å². The Morgan fingerprint density at radius 3 is 1.48 bits per heavy atom. The highest BCUT2D eigenvalue weighted by Crippen LogP contribution is 2.12. The van der Waals surface area contributed by atoms with Gasteiger partial charge in [-0.1, -0.05) is 111 Å². The van der Waals surface area contributed by atoms with Crippen molar-refractivity contribution in [2.45, 2.75) is 117 Å². The summed E-state index contributed by atoms with van der Waals surface area (Å²) in [5.74, 6) is -0.562. The molecule has 0 aromatic rings. The molecule has 0 rings (SSSR count). The number of ether oxygens (including phenoxy) is 2. The number of unbranched alkanes of at least 4 members (excludes halogenated alkanes) is 12. The predicted octanol–water partition coefficient (Wildman–Crippen LogP) is 7.16. The molecular formula is C25H46O4. The Balaban J connectivity index is 3.43. The minimum Gasteiger partial charge on any atom is -0.463 e. The van der Waals surface area contributed by atoms with Crippen LogP contribution in [0.1, 0.15) is 117 Å². The van der Waals surface area contributed by atoms with E-state index >= 15 is 0 Å². The van der Waals surface area contributed by atoms with Gasteiger partial charge in [0.15, 0.2) is 0 Å². The van der Waals surface area contributed by atoms with Crippen molar-refractivity contribution in [3.63, 3.8) is 0 Å². The zero-order valence-electron chi connectivity index (χ0n) is 19.4. The Morgan fingerprint density at radius 2 is 1.03 bits per heavy atom. The number of carbonyl (C=O) groups is 2. The van der Waals surface area contributed by atoms with Crippen LogP contribution in [-0.2, 0) is 19.1 Å². The monoisotopic (exact) mass is 410 g/mol. The smallest absolute Gasteiger partial charge is 0.331 e. The molecular weight excluding hydrogens is 364 g/mol. The van der Waals surface area contributed by atoms with E-state index < -0.39 is 11.9 Å². The van der Waals surface area contributed by atoms with Crippen LogP contribution < -0.4 is 0 Å². The fourth-order valence-corrected chi connectivity index (χ4v) is 3.25. The maximum absolute atomic E-state index is 11.6. The number of hydrogen-bond donors (Lipinski definition) is 0. The molecule has 0 aromatic carbocycles. The summed E-state index contributed by atoms with van der Waals surface area (Å²) in [5, 5.41) is 0. The molecule has 0 aliphatic carbocycles. The number of rotatable bonds is 20. The second-order valence-electron chi connectivity index (χ2n) is 8.06. The Hall–Kier alpha value is -1.32. The quantitative estimate of drug-likeness (QED) is 0.121. The van der Waals surface area contributed by atoms with Crippen LogP contribution >= 0.6 is 0 Å². The van der Waals surface area contributed by atoms with Gasteiger partial charge in [0.25, 0.3) is 0 Å². The maximum atomic E-state index is 11.6. The number of esters is 2. The van der Waals surface area contributed by atoms with Crippen LogP contribution in [0.2, 0.25) is 0 Å². The van der Waals surface area contributed by atoms with E-state index in [1.54, 1.807) is 0 Å². The third kappa shape index (κ3) is 19.8. The van der Waals surface area contributed by atoms with Crippen LogP contribution in [0.3, 0.4) is 0 Å². The molecule has 0 atom stereocenters. The average molecular weight is 411 g/mol. The molecule has 0 N–H and O–H groups in total. The summed E-state index contributed by atoms with van der Waals surface area (Å²) in [6, 6.07) is 0. The first-order valence-electron chi connectivity index (χ1n) is 12.2. The maximum Gasteiger partial charge on any atom is 0.331 e. The molecule has 4 heteroatoms. The second-order valence-corrected chi connectivity index (χ2v) is 8.06. The van der Waals surface area contributed by atoms with Crippen LogP contribution in [0.15, 0.2) is 12.2 Å². The zero-order valence-corrected chi connectivity index (χ0v) is 19.4. The normalized spacial score (nSPS) is 11.3. The third-order valence-corrected chi connectivity index (χ3v) is 5.46. The fourth-order valence-electron chi connectivity index (χ4n) is 3.25. The van der Waals surface area contributed by atoms with Crippen LogP contribution in [0.5, 0.6) is 0 Å². The lowest BCUT2D eigenvalue weighted by Crippen LogP contribution is -2.12. The van der Waals surface area contributed by atoms with Gasteiger partial charge in [-0.15, -0.1) is 0 Å². The van der Waals surface area contributed by atoms with Gasteiger partial charge >= 0.3 is 11.9 Å². The molecule has 170 valence electrons. The third-order valence-electron chi connectivity index (χ3n) is 5.46. The van der Waals surface area contributed by atoms with Crippen molar-refractivity contribution in [3.05, 3.63) is 12.2 Å². The predicted molar refractivity (Wildman–Crippen MR) is 121 cm³/mol. The van der Waals surface area contributed by atoms with Crippen molar-refractivity contribution in [2.24, 2.45) is 5.92 Å². The summed E-state index contributed by atoms with van der Waals surface area (Å²) < 4.78 is 10.3. The molecule has 0 aliphatic rings. The molecule has 0 bridgehead atoms. The minimum atomic E-state index is -0.477. The highest BCUT2D eigenvalue weighted by Gasteiger charge is 2.07. The van der Waals surface area contributed by atoms with E-state index in [4.69, 9.17) is 9.47 Å². The van der Waals surface area contributed by atoms with E-state index in [0.717, 1.165) is 37.8 Å². The van der Waals surface area contributed by atoms with Crippen molar-refractivity contribution in [2.75, 3.05) is 13.2 Å². The summed E-state index contributed by atoms with van der Waals surface area (Å²) in [7, 11) is 0. The van der Waals surface area contributed by atoms with Crippen molar-refractivity contribution in [3.8, 4) is 0 Å². The first-order chi connectivity index (χ1) is 14.1. The average Bonchev–Trinajstić information content (AvgIpc) is 2.73. The molecule has 0 unspecified atom stereocenters. The zero-order chi connectivity index (χ0) is 21.6. The first kappa shape index (κ1) is 27.7. The highest BCUT2D eigenvalue weighted by atomic mass is 16.5. The molecule has 0 saturated heterocycles. The van der Waals surface area contributed by atoms with Gasteiger partial charge < -0.3 is 9.47 Å². The lowest BCUT2D eigenvalue weighted by molar-refractivity contribution is -0.141. The SMILES string of the molecule is CCCCCCCCCCCCCCCOC(=O)/C=C/C(=O)OCC(CC)CC. The molecule has 4 nitrogen and oxygen atoms in total. The first-order valence-corrected chi connectivity index (χ1v) is 12.2. The molecule has 0 aromatic heterocycles. The highest BCUT2D eigenvalue weighted by molar-refractivity contribution is 5.91.